The maximum atomic E-state index is 12.0. The average Bonchev–Trinajstić information content (AvgIpc) is 3.13. The van der Waals surface area contributed by atoms with Crippen LogP contribution in [0.3, 0.4) is 0 Å². The molecule has 0 fully saturated rings. The molecular weight excluding hydrogens is 296 g/mol. The molecule has 7 heteroatoms. The van der Waals surface area contributed by atoms with Gasteiger partial charge < -0.3 is 4.74 Å². The monoisotopic (exact) mass is 311 g/mol. The molecular formula is C16H15N4O3+. The van der Waals surface area contributed by atoms with Gasteiger partial charge in [0.1, 0.15) is 5.69 Å². The summed E-state index contributed by atoms with van der Waals surface area (Å²) in [5.41, 5.74) is 2.76. The summed E-state index contributed by atoms with van der Waals surface area (Å²) in [6, 6.07) is 7.84. The molecule has 4 rings (SSSR count). The maximum absolute atomic E-state index is 12.0. The lowest BCUT2D eigenvalue weighted by Gasteiger charge is -2.25. The number of carbonyl (C=O) groups excluding carboxylic acids is 1. The van der Waals surface area contributed by atoms with Crippen LogP contribution < -0.4 is 0 Å². The van der Waals surface area contributed by atoms with E-state index >= 15 is 0 Å². The quantitative estimate of drug-likeness (QED) is 0.631. The Hall–Kier alpha value is -2.93. The van der Waals surface area contributed by atoms with Gasteiger partial charge in [0, 0.05) is 0 Å². The van der Waals surface area contributed by atoms with Gasteiger partial charge in [-0.2, -0.15) is 9.79 Å². The largest absolute Gasteiger partial charge is 0.560 e. The molecule has 0 aliphatic carbocycles. The first-order chi connectivity index (χ1) is 11.2. The zero-order valence-corrected chi connectivity index (χ0v) is 12.5. The van der Waals surface area contributed by atoms with Crippen molar-refractivity contribution in [2.75, 3.05) is 6.61 Å². The Labute approximate surface area is 132 Å². The first-order valence-electron chi connectivity index (χ1n) is 7.35. The molecule has 7 nitrogen and oxygen atoms in total. The summed E-state index contributed by atoms with van der Waals surface area (Å²) in [5, 5.41) is 0. The van der Waals surface area contributed by atoms with Crippen molar-refractivity contribution in [2.45, 2.75) is 13.5 Å². The summed E-state index contributed by atoms with van der Waals surface area (Å²) >= 11 is 0. The molecule has 3 heterocycles. The van der Waals surface area contributed by atoms with E-state index in [-0.39, 0.29) is 11.3 Å². The predicted octanol–water partition coefficient (Wildman–Crippen LogP) is 2.52. The van der Waals surface area contributed by atoms with Gasteiger partial charge in [-0.1, -0.05) is 12.1 Å². The summed E-state index contributed by atoms with van der Waals surface area (Å²) < 4.78 is 6.78. The SMILES string of the molecule is CCOC(=O)O[N+]12C=CN=C1c1ccccc1-n1cncc1C2. The Morgan fingerprint density at radius 2 is 2.26 bits per heavy atom. The lowest BCUT2D eigenvalue weighted by atomic mass is 10.1. The van der Waals surface area contributed by atoms with Crippen LogP contribution >= 0.6 is 0 Å². The molecule has 0 saturated heterocycles. The summed E-state index contributed by atoms with van der Waals surface area (Å²) in [6.45, 7) is 2.38. The molecule has 1 aromatic heterocycles. The standard InChI is InChI=1S/C16H15N4O3/c1-2-22-16(21)23-20-8-7-18-15(20)13-5-3-4-6-14(13)19-11-17-9-12(19)10-20/h3-9,11H,2,10H2,1H3/q+1. The molecule has 0 N–H and O–H groups in total. The van der Waals surface area contributed by atoms with Crippen LogP contribution in [0.2, 0.25) is 0 Å². The van der Waals surface area contributed by atoms with Crippen molar-refractivity contribution in [3.63, 3.8) is 0 Å². The van der Waals surface area contributed by atoms with Crippen LogP contribution in [-0.4, -0.2) is 32.8 Å². The molecule has 0 radical (unpaired) electrons. The van der Waals surface area contributed by atoms with Crippen molar-refractivity contribution >= 4 is 12.0 Å². The molecule has 0 bridgehead atoms. The van der Waals surface area contributed by atoms with E-state index < -0.39 is 6.16 Å². The molecule has 1 atom stereocenters. The van der Waals surface area contributed by atoms with Crippen LogP contribution in [0.25, 0.3) is 5.69 Å². The highest BCUT2D eigenvalue weighted by molar-refractivity contribution is 5.99. The van der Waals surface area contributed by atoms with Crippen LogP contribution in [0.15, 0.2) is 54.2 Å². The van der Waals surface area contributed by atoms with Gasteiger partial charge in [-0.3, -0.25) is 4.57 Å². The van der Waals surface area contributed by atoms with Gasteiger partial charge in [0.2, 0.25) is 0 Å². The Morgan fingerprint density at radius 1 is 1.39 bits per heavy atom. The van der Waals surface area contributed by atoms with Gasteiger partial charge in [0.05, 0.1) is 36.6 Å². The van der Waals surface area contributed by atoms with Crippen LogP contribution in [0.1, 0.15) is 18.2 Å². The number of benzene rings is 1. The predicted molar refractivity (Wildman–Crippen MR) is 81.3 cm³/mol. The van der Waals surface area contributed by atoms with Gasteiger partial charge in [-0.05, 0) is 23.7 Å². The van der Waals surface area contributed by atoms with E-state index in [1.54, 1.807) is 31.8 Å². The molecule has 2 aliphatic rings. The number of hydrogen-bond donors (Lipinski definition) is 0. The second kappa shape index (κ2) is 5.06. The van der Waals surface area contributed by atoms with Crippen LogP contribution in [0, 0.1) is 0 Å². The smallest absolute Gasteiger partial charge is 0.431 e. The van der Waals surface area contributed by atoms with Crippen molar-refractivity contribution in [3.8, 4) is 5.69 Å². The highest BCUT2D eigenvalue weighted by atomic mass is 16.8. The highest BCUT2D eigenvalue weighted by Gasteiger charge is 2.47. The van der Waals surface area contributed by atoms with Gasteiger partial charge in [-0.25, -0.2) is 9.82 Å². The molecule has 0 saturated carbocycles. The molecule has 2 aromatic rings. The number of hydroxylamine groups is 3. The number of aliphatic imine (C=N–C) groups is 1. The number of quaternary nitrogens is 1. The summed E-state index contributed by atoms with van der Waals surface area (Å²) in [6.07, 6.45) is 6.18. The van der Waals surface area contributed by atoms with Gasteiger partial charge in [-0.15, -0.1) is 0 Å². The first-order valence-corrected chi connectivity index (χ1v) is 7.35. The number of amidine groups is 1. The minimum Gasteiger partial charge on any atom is -0.431 e. The maximum Gasteiger partial charge on any atom is 0.560 e. The van der Waals surface area contributed by atoms with Gasteiger partial charge in [0.15, 0.2) is 12.7 Å². The zero-order valence-electron chi connectivity index (χ0n) is 12.5. The summed E-state index contributed by atoms with van der Waals surface area (Å²) in [5.74, 6) is 0.650. The van der Waals surface area contributed by atoms with Crippen molar-refractivity contribution < 1.29 is 19.0 Å². The molecule has 23 heavy (non-hydrogen) atoms. The first kappa shape index (κ1) is 13.7. The second-order valence-electron chi connectivity index (χ2n) is 5.25. The fourth-order valence-corrected chi connectivity index (χ4v) is 2.93. The Balaban J connectivity index is 1.88. The number of fused-ring (bicyclic) bond motifs is 5. The number of rotatable bonds is 2. The van der Waals surface area contributed by atoms with E-state index in [4.69, 9.17) is 9.57 Å². The fourth-order valence-electron chi connectivity index (χ4n) is 2.93. The van der Waals surface area contributed by atoms with Crippen molar-refractivity contribution in [1.29, 1.82) is 0 Å². The average molecular weight is 311 g/mol. The normalized spacial score (nSPS) is 20.8. The van der Waals surface area contributed by atoms with E-state index in [1.807, 2.05) is 28.8 Å². The Kier molecular flexibility index (Phi) is 3.02. The molecule has 0 spiro atoms. The van der Waals surface area contributed by atoms with Crippen LogP contribution in [-0.2, 0) is 16.1 Å². The van der Waals surface area contributed by atoms with Crippen molar-refractivity contribution in [1.82, 2.24) is 9.55 Å². The molecule has 116 valence electrons. The third kappa shape index (κ3) is 2.05. The van der Waals surface area contributed by atoms with E-state index in [1.165, 1.54) is 0 Å². The van der Waals surface area contributed by atoms with Gasteiger partial charge >= 0.3 is 6.16 Å². The van der Waals surface area contributed by atoms with E-state index in [2.05, 4.69) is 9.98 Å². The minimum absolute atomic E-state index is 0.165. The number of para-hydroxylation sites is 1. The highest BCUT2D eigenvalue weighted by Crippen LogP contribution is 2.33. The number of nitrogens with zero attached hydrogens (tertiary/aromatic N) is 4. The van der Waals surface area contributed by atoms with E-state index in [0.29, 0.717) is 12.4 Å². The fraction of sp³-hybridized carbons (Fsp3) is 0.188. The lowest BCUT2D eigenvalue weighted by molar-refractivity contribution is -0.986. The third-order valence-corrected chi connectivity index (χ3v) is 3.88. The summed E-state index contributed by atoms with van der Waals surface area (Å²) in [4.78, 5) is 26.2. The topological polar surface area (TPSA) is 65.7 Å². The van der Waals surface area contributed by atoms with Crippen LogP contribution in [0.5, 0.6) is 0 Å². The molecule has 1 unspecified atom stereocenters. The zero-order chi connectivity index (χ0) is 15.9. The van der Waals surface area contributed by atoms with Crippen LogP contribution in [0.4, 0.5) is 4.79 Å². The molecule has 2 aliphatic heterocycles. The van der Waals surface area contributed by atoms with Crippen molar-refractivity contribution in [3.05, 3.63) is 60.4 Å². The van der Waals surface area contributed by atoms with Crippen molar-refractivity contribution in [2.24, 2.45) is 4.99 Å². The number of ether oxygens (including phenoxy) is 1. The number of hydrogen-bond acceptors (Lipinski definition) is 5. The van der Waals surface area contributed by atoms with E-state index in [9.17, 15) is 4.79 Å². The van der Waals surface area contributed by atoms with Gasteiger partial charge in [0.25, 0.3) is 5.84 Å². The minimum atomic E-state index is -0.725. The molecule has 1 aromatic carbocycles. The molecule has 0 amide bonds. The van der Waals surface area contributed by atoms with E-state index in [0.717, 1.165) is 16.9 Å². The number of carbonyl (C=O) groups is 1. The Bertz CT molecular complexity index is 839. The number of imidazole rings is 1. The Morgan fingerprint density at radius 3 is 3.13 bits per heavy atom. The summed E-state index contributed by atoms with van der Waals surface area (Å²) in [7, 11) is 0. The second-order valence-corrected chi connectivity index (χ2v) is 5.25. The lowest BCUT2D eigenvalue weighted by Crippen LogP contribution is -2.47. The third-order valence-electron chi connectivity index (χ3n) is 3.88. The number of aromatic nitrogens is 2.